The largest absolute Gasteiger partial charge is 0.493 e. The number of ether oxygens (including phenoxy) is 2. The smallest absolute Gasteiger partial charge is 0.169 e. The van der Waals surface area contributed by atoms with Crippen molar-refractivity contribution in [1.82, 2.24) is 4.98 Å². The van der Waals surface area contributed by atoms with Gasteiger partial charge in [-0.1, -0.05) is 12.1 Å². The van der Waals surface area contributed by atoms with Crippen LogP contribution in [0.1, 0.15) is 18.7 Å². The Bertz CT molecular complexity index is 509. The molecular weight excluding hydrogens is 230 g/mol. The normalized spacial score (nSPS) is 11.9. The number of aliphatic hydroxyl groups excluding tert-OH is 1. The lowest BCUT2D eigenvalue weighted by molar-refractivity contribution is 0.194. The van der Waals surface area contributed by atoms with E-state index >= 15 is 0 Å². The Labute approximate surface area is 106 Å². The van der Waals surface area contributed by atoms with Crippen LogP contribution in [-0.2, 0) is 0 Å². The van der Waals surface area contributed by atoms with Crippen molar-refractivity contribution in [3.8, 4) is 17.2 Å². The number of para-hydroxylation sites is 2. The first kappa shape index (κ1) is 12.4. The van der Waals surface area contributed by atoms with Gasteiger partial charge in [0.25, 0.3) is 0 Å². The number of nitrogens with zero attached hydrogens (tertiary/aromatic N) is 1. The van der Waals surface area contributed by atoms with E-state index in [0.717, 1.165) is 0 Å². The van der Waals surface area contributed by atoms with E-state index in [9.17, 15) is 5.11 Å². The van der Waals surface area contributed by atoms with Crippen molar-refractivity contribution in [1.29, 1.82) is 0 Å². The maximum absolute atomic E-state index is 9.36. The summed E-state index contributed by atoms with van der Waals surface area (Å²) in [6.45, 7) is 1.67. The fourth-order valence-electron chi connectivity index (χ4n) is 1.53. The van der Waals surface area contributed by atoms with Crippen LogP contribution in [-0.4, -0.2) is 17.2 Å². The maximum atomic E-state index is 9.36. The van der Waals surface area contributed by atoms with Crippen molar-refractivity contribution >= 4 is 0 Å². The molecule has 1 aromatic heterocycles. The molecule has 1 N–H and O–H groups in total. The van der Waals surface area contributed by atoms with E-state index in [4.69, 9.17) is 9.47 Å². The van der Waals surface area contributed by atoms with Gasteiger partial charge in [0.1, 0.15) is 5.75 Å². The Balaban J connectivity index is 2.18. The quantitative estimate of drug-likeness (QED) is 0.899. The molecule has 94 valence electrons. The number of hydrogen-bond donors (Lipinski definition) is 1. The van der Waals surface area contributed by atoms with E-state index in [1.807, 2.05) is 24.3 Å². The highest BCUT2D eigenvalue weighted by Crippen LogP contribution is 2.30. The molecule has 0 saturated heterocycles. The van der Waals surface area contributed by atoms with Crippen LogP contribution in [0.4, 0.5) is 0 Å². The van der Waals surface area contributed by atoms with E-state index in [1.165, 1.54) is 0 Å². The molecule has 4 nitrogen and oxygen atoms in total. The lowest BCUT2D eigenvalue weighted by Gasteiger charge is -2.10. The topological polar surface area (TPSA) is 51.6 Å². The van der Waals surface area contributed by atoms with Crippen molar-refractivity contribution < 1.29 is 14.6 Å². The summed E-state index contributed by atoms with van der Waals surface area (Å²) < 4.78 is 10.9. The van der Waals surface area contributed by atoms with Crippen LogP contribution in [0.15, 0.2) is 42.6 Å². The van der Waals surface area contributed by atoms with Gasteiger partial charge in [0.15, 0.2) is 11.5 Å². The maximum Gasteiger partial charge on any atom is 0.169 e. The number of hydrogen-bond acceptors (Lipinski definition) is 4. The molecular formula is C14H15NO3. The van der Waals surface area contributed by atoms with Gasteiger partial charge >= 0.3 is 0 Å². The summed E-state index contributed by atoms with van der Waals surface area (Å²) >= 11 is 0. The minimum atomic E-state index is -0.578. The summed E-state index contributed by atoms with van der Waals surface area (Å²) in [7, 11) is 1.59. The highest BCUT2D eigenvalue weighted by Gasteiger charge is 2.06. The first-order valence-electron chi connectivity index (χ1n) is 5.65. The number of rotatable bonds is 4. The Hall–Kier alpha value is -2.07. The van der Waals surface area contributed by atoms with Gasteiger partial charge in [-0.25, -0.2) is 0 Å². The van der Waals surface area contributed by atoms with Gasteiger partial charge in [0.2, 0.25) is 0 Å². The summed E-state index contributed by atoms with van der Waals surface area (Å²) in [5, 5.41) is 9.36. The van der Waals surface area contributed by atoms with Crippen LogP contribution >= 0.6 is 0 Å². The number of benzene rings is 1. The van der Waals surface area contributed by atoms with Gasteiger partial charge < -0.3 is 14.6 Å². The Morgan fingerprint density at radius 3 is 2.39 bits per heavy atom. The second kappa shape index (κ2) is 5.51. The van der Waals surface area contributed by atoms with Crippen molar-refractivity contribution in [2.75, 3.05) is 7.11 Å². The zero-order valence-corrected chi connectivity index (χ0v) is 10.3. The zero-order chi connectivity index (χ0) is 13.0. The molecule has 0 aliphatic carbocycles. The lowest BCUT2D eigenvalue weighted by Crippen LogP contribution is -1.95. The molecule has 2 aromatic rings. The molecule has 0 aliphatic heterocycles. The van der Waals surface area contributed by atoms with E-state index < -0.39 is 6.10 Å². The van der Waals surface area contributed by atoms with Gasteiger partial charge in [-0.2, -0.15) is 0 Å². The molecule has 0 fully saturated rings. The molecule has 2 rings (SSSR count). The molecule has 0 spiro atoms. The predicted molar refractivity (Wildman–Crippen MR) is 67.9 cm³/mol. The van der Waals surface area contributed by atoms with Gasteiger partial charge in [0, 0.05) is 0 Å². The highest BCUT2D eigenvalue weighted by atomic mass is 16.5. The minimum Gasteiger partial charge on any atom is -0.493 e. The second-order valence-electron chi connectivity index (χ2n) is 3.85. The summed E-state index contributed by atoms with van der Waals surface area (Å²) in [5.74, 6) is 1.90. The highest BCUT2D eigenvalue weighted by molar-refractivity contribution is 5.42. The first-order valence-corrected chi connectivity index (χ1v) is 5.65. The van der Waals surface area contributed by atoms with Crippen LogP contribution in [0.25, 0.3) is 0 Å². The van der Waals surface area contributed by atoms with Crippen LogP contribution < -0.4 is 9.47 Å². The van der Waals surface area contributed by atoms with Crippen LogP contribution in [0.2, 0.25) is 0 Å². The molecule has 4 heteroatoms. The monoisotopic (exact) mass is 245 g/mol. The van der Waals surface area contributed by atoms with Crippen molar-refractivity contribution in [3.63, 3.8) is 0 Å². The fourth-order valence-corrected chi connectivity index (χ4v) is 1.53. The SMILES string of the molecule is COc1ccccc1Oc1ccc(C(C)O)nc1. The average Bonchev–Trinajstić information content (AvgIpc) is 2.40. The summed E-state index contributed by atoms with van der Waals surface area (Å²) in [6.07, 6.45) is 0.999. The zero-order valence-electron chi connectivity index (χ0n) is 10.3. The molecule has 0 saturated carbocycles. The molecule has 0 bridgehead atoms. The van der Waals surface area contributed by atoms with Gasteiger partial charge in [-0.05, 0) is 31.2 Å². The Morgan fingerprint density at radius 1 is 1.11 bits per heavy atom. The van der Waals surface area contributed by atoms with Crippen molar-refractivity contribution in [2.45, 2.75) is 13.0 Å². The number of methoxy groups -OCH3 is 1. The standard InChI is InChI=1S/C14H15NO3/c1-10(16)12-8-7-11(9-15-12)18-14-6-4-3-5-13(14)17-2/h3-10,16H,1-2H3. The Morgan fingerprint density at radius 2 is 1.83 bits per heavy atom. The third kappa shape index (κ3) is 2.78. The van der Waals surface area contributed by atoms with Crippen molar-refractivity contribution in [2.24, 2.45) is 0 Å². The average molecular weight is 245 g/mol. The molecule has 18 heavy (non-hydrogen) atoms. The lowest BCUT2D eigenvalue weighted by atomic mass is 10.2. The number of aliphatic hydroxyl groups is 1. The van der Waals surface area contributed by atoms with Gasteiger partial charge in [-0.3, -0.25) is 4.98 Å². The molecule has 0 aliphatic rings. The summed E-state index contributed by atoms with van der Waals surface area (Å²) in [5.41, 5.74) is 0.613. The molecule has 1 atom stereocenters. The summed E-state index contributed by atoms with van der Waals surface area (Å²) in [4.78, 5) is 4.11. The predicted octanol–water partition coefficient (Wildman–Crippen LogP) is 2.94. The van der Waals surface area contributed by atoms with E-state index in [1.54, 1.807) is 32.4 Å². The van der Waals surface area contributed by atoms with E-state index in [2.05, 4.69) is 4.98 Å². The fraction of sp³-hybridized carbons (Fsp3) is 0.214. The Kier molecular flexibility index (Phi) is 3.79. The van der Waals surface area contributed by atoms with Crippen LogP contribution in [0, 0.1) is 0 Å². The van der Waals surface area contributed by atoms with Gasteiger partial charge in [-0.15, -0.1) is 0 Å². The second-order valence-corrected chi connectivity index (χ2v) is 3.85. The minimum absolute atomic E-state index is 0.578. The molecule has 0 amide bonds. The van der Waals surface area contributed by atoms with Crippen molar-refractivity contribution in [3.05, 3.63) is 48.3 Å². The van der Waals surface area contributed by atoms with E-state index in [0.29, 0.717) is 22.9 Å². The third-order valence-corrected chi connectivity index (χ3v) is 2.48. The first-order chi connectivity index (χ1) is 8.70. The van der Waals surface area contributed by atoms with Gasteiger partial charge in [0.05, 0.1) is 25.1 Å². The summed E-state index contributed by atoms with van der Waals surface area (Å²) in [6, 6.07) is 10.9. The van der Waals surface area contributed by atoms with E-state index in [-0.39, 0.29) is 0 Å². The number of aromatic nitrogens is 1. The molecule has 1 aromatic carbocycles. The molecule has 1 unspecified atom stereocenters. The third-order valence-electron chi connectivity index (χ3n) is 2.48. The molecule has 0 radical (unpaired) electrons. The van der Waals surface area contributed by atoms with Crippen LogP contribution in [0.5, 0.6) is 17.2 Å². The molecule has 1 heterocycles. The van der Waals surface area contributed by atoms with Crippen LogP contribution in [0.3, 0.4) is 0 Å². The number of pyridine rings is 1.